The van der Waals surface area contributed by atoms with E-state index in [-0.39, 0.29) is 31.9 Å². The second kappa shape index (κ2) is 7.86. The van der Waals surface area contributed by atoms with E-state index in [1.165, 1.54) is 6.07 Å². The molecule has 2 aromatic carbocycles. The van der Waals surface area contributed by atoms with Crippen LogP contribution < -0.4 is 5.32 Å². The molecule has 2 heterocycles. The highest BCUT2D eigenvalue weighted by Gasteiger charge is 2.29. The topological polar surface area (TPSA) is 88.6 Å². The van der Waals surface area contributed by atoms with Gasteiger partial charge in [0.05, 0.1) is 24.4 Å². The second-order valence-electron chi connectivity index (χ2n) is 6.50. The number of benzene rings is 2. The van der Waals surface area contributed by atoms with Crippen molar-refractivity contribution in [2.75, 3.05) is 31.6 Å². The first-order chi connectivity index (χ1) is 14.0. The van der Waals surface area contributed by atoms with E-state index in [0.717, 1.165) is 21.8 Å². The summed E-state index contributed by atoms with van der Waals surface area (Å²) in [6.45, 7) is 0.768. The highest BCUT2D eigenvalue weighted by atomic mass is 32.2. The van der Waals surface area contributed by atoms with Crippen LogP contribution in [0.4, 0.5) is 10.1 Å². The van der Waals surface area contributed by atoms with E-state index in [2.05, 4.69) is 10.3 Å². The van der Waals surface area contributed by atoms with Crippen LogP contribution in [0.1, 0.15) is 10.4 Å². The Kier molecular flexibility index (Phi) is 5.27. The van der Waals surface area contributed by atoms with Crippen molar-refractivity contribution in [2.45, 2.75) is 4.90 Å². The maximum Gasteiger partial charge on any atom is 0.255 e. The zero-order valence-corrected chi connectivity index (χ0v) is 16.2. The van der Waals surface area contributed by atoms with Gasteiger partial charge in [-0.15, -0.1) is 0 Å². The summed E-state index contributed by atoms with van der Waals surface area (Å²) < 4.78 is 46.3. The third-order valence-corrected chi connectivity index (χ3v) is 6.58. The highest BCUT2D eigenvalue weighted by Crippen LogP contribution is 2.24. The Morgan fingerprint density at radius 3 is 2.66 bits per heavy atom. The number of ether oxygens (including phenoxy) is 1. The van der Waals surface area contributed by atoms with Crippen LogP contribution >= 0.6 is 0 Å². The average molecular weight is 415 g/mol. The number of nitrogens with zero attached hydrogens (tertiary/aromatic N) is 2. The van der Waals surface area contributed by atoms with E-state index in [4.69, 9.17) is 4.74 Å². The number of hydrogen-bond donors (Lipinski definition) is 1. The molecular weight excluding hydrogens is 397 g/mol. The minimum atomic E-state index is -4.07. The molecule has 9 heteroatoms. The predicted octanol–water partition coefficient (Wildman–Crippen LogP) is 2.65. The number of anilines is 1. The molecular formula is C20H18FN3O4S. The van der Waals surface area contributed by atoms with Gasteiger partial charge in [0.2, 0.25) is 10.0 Å². The molecule has 1 aliphatic heterocycles. The Morgan fingerprint density at radius 1 is 1.10 bits per heavy atom. The number of carbonyl (C=O) groups is 1. The van der Waals surface area contributed by atoms with Gasteiger partial charge in [-0.3, -0.25) is 9.78 Å². The smallest absolute Gasteiger partial charge is 0.255 e. The number of para-hydroxylation sites is 1. The number of pyridine rings is 1. The SMILES string of the molecule is O=C(Nc1cccc2cccnc12)c1ccc(F)c(S(=O)(=O)N2CCOCC2)c1. The molecule has 7 nitrogen and oxygen atoms in total. The number of aromatic nitrogens is 1. The first kappa shape index (κ1) is 19.4. The summed E-state index contributed by atoms with van der Waals surface area (Å²) in [7, 11) is -4.07. The van der Waals surface area contributed by atoms with Crippen molar-refractivity contribution < 1.29 is 22.3 Å². The molecule has 0 unspecified atom stereocenters. The lowest BCUT2D eigenvalue weighted by Crippen LogP contribution is -2.41. The van der Waals surface area contributed by atoms with Crippen LogP contribution in [-0.4, -0.2) is 49.9 Å². The van der Waals surface area contributed by atoms with Gasteiger partial charge in [-0.05, 0) is 30.3 Å². The summed E-state index contributed by atoms with van der Waals surface area (Å²) >= 11 is 0. The largest absolute Gasteiger partial charge is 0.379 e. The number of amides is 1. The fourth-order valence-corrected chi connectivity index (χ4v) is 4.67. The fraction of sp³-hybridized carbons (Fsp3) is 0.200. The maximum atomic E-state index is 14.3. The second-order valence-corrected chi connectivity index (χ2v) is 8.40. The van der Waals surface area contributed by atoms with E-state index < -0.39 is 26.6 Å². The molecule has 150 valence electrons. The average Bonchev–Trinajstić information content (AvgIpc) is 2.75. The standard InChI is InChI=1S/C20H18FN3O4S/c21-16-7-6-15(13-18(16)29(26,27)24-9-11-28-12-10-24)20(25)23-17-5-1-3-14-4-2-8-22-19(14)17/h1-8,13H,9-12H2,(H,23,25). The molecule has 4 rings (SSSR count). The van der Waals surface area contributed by atoms with Crippen molar-refractivity contribution in [1.29, 1.82) is 0 Å². The van der Waals surface area contributed by atoms with E-state index in [1.807, 2.05) is 12.1 Å². The van der Waals surface area contributed by atoms with Crippen molar-refractivity contribution in [2.24, 2.45) is 0 Å². The van der Waals surface area contributed by atoms with Crippen molar-refractivity contribution in [3.8, 4) is 0 Å². The van der Waals surface area contributed by atoms with Gasteiger partial charge < -0.3 is 10.1 Å². The summed E-state index contributed by atoms with van der Waals surface area (Å²) in [4.78, 5) is 16.5. The Bertz CT molecular complexity index is 1170. The van der Waals surface area contributed by atoms with Crippen molar-refractivity contribution in [3.63, 3.8) is 0 Å². The number of carbonyl (C=O) groups excluding carboxylic acids is 1. The fourth-order valence-electron chi connectivity index (χ4n) is 3.17. The van der Waals surface area contributed by atoms with Gasteiger partial charge in [-0.1, -0.05) is 18.2 Å². The van der Waals surface area contributed by atoms with E-state index in [1.54, 1.807) is 24.4 Å². The molecule has 1 N–H and O–H groups in total. The predicted molar refractivity (Wildman–Crippen MR) is 106 cm³/mol. The van der Waals surface area contributed by atoms with Crippen LogP contribution in [0.3, 0.4) is 0 Å². The number of halogens is 1. The van der Waals surface area contributed by atoms with E-state index in [9.17, 15) is 17.6 Å². The molecule has 0 atom stereocenters. The molecule has 29 heavy (non-hydrogen) atoms. The first-order valence-electron chi connectivity index (χ1n) is 8.99. The van der Waals surface area contributed by atoms with Gasteiger partial charge in [0.25, 0.3) is 5.91 Å². The Morgan fingerprint density at radius 2 is 1.86 bits per heavy atom. The van der Waals surface area contributed by atoms with Gasteiger partial charge in [-0.2, -0.15) is 4.31 Å². The molecule has 0 spiro atoms. The van der Waals surface area contributed by atoms with Gasteiger partial charge in [0, 0.05) is 30.2 Å². The van der Waals surface area contributed by atoms with Crippen LogP contribution in [0, 0.1) is 5.82 Å². The van der Waals surface area contributed by atoms with Crippen LogP contribution in [-0.2, 0) is 14.8 Å². The highest BCUT2D eigenvalue weighted by molar-refractivity contribution is 7.89. The molecule has 1 amide bonds. The number of hydrogen-bond acceptors (Lipinski definition) is 5. The normalized spacial score (nSPS) is 15.3. The van der Waals surface area contributed by atoms with Crippen LogP contribution in [0.25, 0.3) is 10.9 Å². The zero-order chi connectivity index (χ0) is 20.4. The summed E-state index contributed by atoms with van der Waals surface area (Å²) in [6.07, 6.45) is 1.61. The van der Waals surface area contributed by atoms with Gasteiger partial charge in [0.15, 0.2) is 0 Å². The monoisotopic (exact) mass is 415 g/mol. The molecule has 0 bridgehead atoms. The lowest BCUT2D eigenvalue weighted by molar-refractivity contribution is 0.0729. The van der Waals surface area contributed by atoms with Gasteiger partial charge in [-0.25, -0.2) is 12.8 Å². The summed E-state index contributed by atoms with van der Waals surface area (Å²) in [5.74, 6) is -1.46. The van der Waals surface area contributed by atoms with Crippen molar-refractivity contribution in [3.05, 3.63) is 66.1 Å². The van der Waals surface area contributed by atoms with Gasteiger partial charge in [0.1, 0.15) is 10.7 Å². The molecule has 1 fully saturated rings. The van der Waals surface area contributed by atoms with Crippen molar-refractivity contribution in [1.82, 2.24) is 9.29 Å². The molecule has 1 saturated heterocycles. The lowest BCUT2D eigenvalue weighted by atomic mass is 10.1. The van der Waals surface area contributed by atoms with Crippen LogP contribution in [0.5, 0.6) is 0 Å². The molecule has 1 aliphatic rings. The third-order valence-electron chi connectivity index (χ3n) is 4.66. The Labute approximate surface area is 167 Å². The molecule has 0 saturated carbocycles. The quantitative estimate of drug-likeness (QED) is 0.708. The maximum absolute atomic E-state index is 14.3. The molecule has 3 aromatic rings. The Hall–Kier alpha value is -2.88. The summed E-state index contributed by atoms with van der Waals surface area (Å²) in [6, 6.07) is 12.3. The summed E-state index contributed by atoms with van der Waals surface area (Å²) in [5.41, 5.74) is 1.12. The van der Waals surface area contributed by atoms with Crippen molar-refractivity contribution >= 4 is 32.5 Å². The number of sulfonamides is 1. The number of rotatable bonds is 4. The molecule has 0 aliphatic carbocycles. The molecule has 1 aromatic heterocycles. The van der Waals surface area contributed by atoms with Crippen LogP contribution in [0.15, 0.2) is 59.6 Å². The van der Waals surface area contributed by atoms with Gasteiger partial charge >= 0.3 is 0 Å². The Balaban J connectivity index is 1.65. The van der Waals surface area contributed by atoms with E-state index >= 15 is 0 Å². The summed E-state index contributed by atoms with van der Waals surface area (Å²) in [5, 5.41) is 3.57. The number of morpholine rings is 1. The van der Waals surface area contributed by atoms with E-state index in [0.29, 0.717) is 11.2 Å². The number of nitrogens with one attached hydrogen (secondary N) is 1. The van der Waals surface area contributed by atoms with Crippen LogP contribution in [0.2, 0.25) is 0 Å². The zero-order valence-electron chi connectivity index (χ0n) is 15.3. The number of fused-ring (bicyclic) bond motifs is 1. The minimum absolute atomic E-state index is 0.0335. The molecule has 0 radical (unpaired) electrons. The minimum Gasteiger partial charge on any atom is -0.379 e. The third kappa shape index (κ3) is 3.84. The first-order valence-corrected chi connectivity index (χ1v) is 10.4. The lowest BCUT2D eigenvalue weighted by Gasteiger charge is -2.26.